The van der Waals surface area contributed by atoms with Gasteiger partial charge in [0, 0.05) is 5.56 Å². The molecule has 0 radical (unpaired) electrons. The van der Waals surface area contributed by atoms with E-state index in [1.807, 2.05) is 5.92 Å². The molecule has 0 unspecified atom stereocenters. The fourth-order valence-electron chi connectivity index (χ4n) is 3.85. The number of hydrogen-bond donors (Lipinski definition) is 0. The van der Waals surface area contributed by atoms with Crippen molar-refractivity contribution in [1.29, 1.82) is 0 Å². The molecule has 3 aromatic carbocycles. The van der Waals surface area contributed by atoms with E-state index in [2.05, 4.69) is 12.8 Å². The van der Waals surface area contributed by atoms with Crippen LogP contribution in [0.25, 0.3) is 11.1 Å². The minimum Gasteiger partial charge on any atom is -0.494 e. The van der Waals surface area contributed by atoms with Gasteiger partial charge in [0.05, 0.1) is 12.2 Å². The van der Waals surface area contributed by atoms with Crippen molar-refractivity contribution in [1.82, 2.24) is 0 Å². The molecular weight excluding hydrogens is 490 g/mol. The van der Waals surface area contributed by atoms with Crippen LogP contribution in [-0.4, -0.2) is 6.61 Å². The first kappa shape index (κ1) is 28.2. The van der Waals surface area contributed by atoms with E-state index in [-0.39, 0.29) is 11.1 Å². The third-order valence-corrected chi connectivity index (χ3v) is 5.92. The third kappa shape index (κ3) is 7.55. The quantitative estimate of drug-likeness (QED) is 0.106. The topological polar surface area (TPSA) is 9.23 Å². The van der Waals surface area contributed by atoms with Gasteiger partial charge in [-0.3, -0.25) is 0 Å². The summed E-state index contributed by atoms with van der Waals surface area (Å²) in [7, 11) is 0. The van der Waals surface area contributed by atoms with Crippen LogP contribution in [0, 0.1) is 46.7 Å². The maximum absolute atomic E-state index is 14.8. The lowest BCUT2D eigenvalue weighted by Gasteiger charge is -2.11. The Balaban J connectivity index is 1.66. The molecule has 37 heavy (non-hydrogen) atoms. The number of benzene rings is 3. The van der Waals surface area contributed by atoms with E-state index < -0.39 is 46.0 Å². The molecule has 0 N–H and O–H groups in total. The van der Waals surface area contributed by atoms with Gasteiger partial charge in [0.1, 0.15) is 11.3 Å². The average molecular weight is 519 g/mol. The molecule has 0 spiro atoms. The highest BCUT2D eigenvalue weighted by atomic mass is 19.2. The molecule has 0 aliphatic rings. The first-order valence-corrected chi connectivity index (χ1v) is 12.4. The fraction of sp³-hybridized carbons (Fsp3) is 0.333. The summed E-state index contributed by atoms with van der Waals surface area (Å²) in [5.74, 6) is -4.29. The van der Waals surface area contributed by atoms with Crippen molar-refractivity contribution in [2.24, 2.45) is 0 Å². The minimum absolute atomic E-state index is 0.0765. The molecule has 0 aliphatic heterocycles. The second kappa shape index (κ2) is 13.8. The predicted molar refractivity (Wildman–Crippen MR) is 132 cm³/mol. The summed E-state index contributed by atoms with van der Waals surface area (Å²) >= 11 is 0. The summed E-state index contributed by atoms with van der Waals surface area (Å²) in [6.45, 7) is 2.68. The number of ether oxygens (including phenoxy) is 1. The largest absolute Gasteiger partial charge is 0.494 e. The van der Waals surface area contributed by atoms with E-state index >= 15 is 0 Å². The Morgan fingerprint density at radius 2 is 1.22 bits per heavy atom. The second-order valence-corrected chi connectivity index (χ2v) is 8.73. The van der Waals surface area contributed by atoms with Gasteiger partial charge in [0.15, 0.2) is 34.9 Å². The van der Waals surface area contributed by atoms with Crippen molar-refractivity contribution in [3.63, 3.8) is 0 Å². The van der Waals surface area contributed by atoms with Crippen LogP contribution in [0.1, 0.15) is 69.4 Å². The summed E-state index contributed by atoms with van der Waals surface area (Å²) in [6, 6.07) is 8.14. The van der Waals surface area contributed by atoms with Crippen LogP contribution in [-0.2, 0) is 0 Å². The number of hydrogen-bond acceptors (Lipinski definition) is 1. The Kier molecular flexibility index (Phi) is 10.5. The predicted octanol–water partition coefficient (Wildman–Crippen LogP) is 9.11. The van der Waals surface area contributed by atoms with Crippen LogP contribution >= 0.6 is 0 Å². The van der Waals surface area contributed by atoms with Crippen molar-refractivity contribution in [3.8, 4) is 28.7 Å². The fourth-order valence-corrected chi connectivity index (χ4v) is 3.85. The standard InChI is InChI=1S/C30H28F6O/c1-2-3-4-5-6-7-8-9-18-37-22-14-12-21(13-15-22)26-29(35)27(33)23(28(34)30(26)36)16-10-20-11-17-24(31)25(32)19-20/h11-15,17,19H,2-9,18H2,1H3. The van der Waals surface area contributed by atoms with Gasteiger partial charge in [-0.1, -0.05) is 75.8 Å². The summed E-state index contributed by atoms with van der Waals surface area (Å²) < 4.78 is 90.8. The van der Waals surface area contributed by atoms with Crippen LogP contribution in [0.2, 0.25) is 0 Å². The SMILES string of the molecule is CCCCCCCCCCOc1ccc(-c2c(F)c(F)c(C#Cc3ccc(F)c(F)c3)c(F)c2F)cc1. The minimum atomic E-state index is -1.68. The third-order valence-electron chi connectivity index (χ3n) is 5.92. The van der Waals surface area contributed by atoms with Crippen molar-refractivity contribution in [2.45, 2.75) is 58.3 Å². The summed E-state index contributed by atoms with van der Waals surface area (Å²) in [6.07, 6.45) is 9.26. The molecule has 0 saturated heterocycles. The Labute approximate surface area is 213 Å². The normalized spacial score (nSPS) is 10.8. The number of halogens is 6. The van der Waals surface area contributed by atoms with Gasteiger partial charge in [-0.2, -0.15) is 0 Å². The molecule has 7 heteroatoms. The summed E-state index contributed by atoms with van der Waals surface area (Å²) in [5, 5.41) is 0. The van der Waals surface area contributed by atoms with E-state index in [1.165, 1.54) is 56.4 Å². The van der Waals surface area contributed by atoms with Gasteiger partial charge < -0.3 is 4.74 Å². The van der Waals surface area contributed by atoms with E-state index in [4.69, 9.17) is 4.74 Å². The van der Waals surface area contributed by atoms with Crippen LogP contribution in [0.4, 0.5) is 26.3 Å². The Hall–Kier alpha value is -3.40. The maximum Gasteiger partial charge on any atom is 0.178 e. The lowest BCUT2D eigenvalue weighted by molar-refractivity contribution is 0.304. The molecule has 0 fully saturated rings. The molecule has 0 heterocycles. The van der Waals surface area contributed by atoms with E-state index in [1.54, 1.807) is 0 Å². The summed E-state index contributed by atoms with van der Waals surface area (Å²) in [4.78, 5) is 0. The van der Waals surface area contributed by atoms with E-state index in [0.717, 1.165) is 31.4 Å². The van der Waals surface area contributed by atoms with Gasteiger partial charge in [-0.05, 0) is 42.3 Å². The Morgan fingerprint density at radius 1 is 0.622 bits per heavy atom. The zero-order valence-corrected chi connectivity index (χ0v) is 20.6. The van der Waals surface area contributed by atoms with Crippen molar-refractivity contribution in [3.05, 3.63) is 88.5 Å². The zero-order valence-electron chi connectivity index (χ0n) is 20.6. The highest BCUT2D eigenvalue weighted by molar-refractivity contribution is 5.67. The molecule has 0 aromatic heterocycles. The maximum atomic E-state index is 14.8. The first-order chi connectivity index (χ1) is 17.8. The highest BCUT2D eigenvalue weighted by Crippen LogP contribution is 2.33. The lowest BCUT2D eigenvalue weighted by atomic mass is 10.0. The molecule has 0 amide bonds. The molecular formula is C30H28F6O. The summed E-state index contributed by atoms with van der Waals surface area (Å²) in [5.41, 5.74) is -2.21. The van der Waals surface area contributed by atoms with Gasteiger partial charge in [-0.25, -0.2) is 26.3 Å². The molecule has 1 nitrogen and oxygen atoms in total. The van der Waals surface area contributed by atoms with Crippen LogP contribution in [0.5, 0.6) is 5.75 Å². The van der Waals surface area contributed by atoms with Crippen molar-refractivity contribution in [2.75, 3.05) is 6.61 Å². The van der Waals surface area contributed by atoms with Gasteiger partial charge >= 0.3 is 0 Å². The van der Waals surface area contributed by atoms with Crippen LogP contribution in [0.3, 0.4) is 0 Å². The highest BCUT2D eigenvalue weighted by Gasteiger charge is 2.25. The van der Waals surface area contributed by atoms with Crippen molar-refractivity contribution >= 4 is 0 Å². The molecule has 3 aromatic rings. The Morgan fingerprint density at radius 3 is 1.81 bits per heavy atom. The molecule has 0 aliphatic carbocycles. The molecule has 196 valence electrons. The van der Waals surface area contributed by atoms with E-state index in [0.29, 0.717) is 18.4 Å². The van der Waals surface area contributed by atoms with Gasteiger partial charge in [0.25, 0.3) is 0 Å². The zero-order chi connectivity index (χ0) is 26.8. The lowest BCUT2D eigenvalue weighted by Crippen LogP contribution is -2.04. The van der Waals surface area contributed by atoms with Crippen molar-refractivity contribution < 1.29 is 31.1 Å². The number of unbranched alkanes of at least 4 members (excludes halogenated alkanes) is 7. The smallest absolute Gasteiger partial charge is 0.178 e. The second-order valence-electron chi connectivity index (χ2n) is 8.73. The Bertz CT molecular complexity index is 1230. The van der Waals surface area contributed by atoms with Gasteiger partial charge in [0.2, 0.25) is 0 Å². The molecule has 0 saturated carbocycles. The molecule has 0 atom stereocenters. The van der Waals surface area contributed by atoms with Crippen LogP contribution in [0.15, 0.2) is 42.5 Å². The van der Waals surface area contributed by atoms with E-state index in [9.17, 15) is 26.3 Å². The first-order valence-electron chi connectivity index (χ1n) is 12.4. The van der Waals surface area contributed by atoms with Crippen LogP contribution < -0.4 is 4.74 Å². The molecule has 0 bridgehead atoms. The van der Waals surface area contributed by atoms with Gasteiger partial charge in [-0.15, -0.1) is 0 Å². The average Bonchev–Trinajstić information content (AvgIpc) is 2.89. The number of rotatable bonds is 11. The molecule has 3 rings (SSSR count). The monoisotopic (exact) mass is 518 g/mol.